The molecule has 0 bridgehead atoms. The molecule has 90 valence electrons. The van der Waals surface area contributed by atoms with Gasteiger partial charge in [-0.15, -0.1) is 5.10 Å². The Morgan fingerprint density at radius 1 is 1.24 bits per heavy atom. The average molecular weight is 292 g/mol. The Bertz CT molecular complexity index is 515. The van der Waals surface area contributed by atoms with Gasteiger partial charge in [-0.3, -0.25) is 4.68 Å². The van der Waals surface area contributed by atoms with Crippen LogP contribution in [0, 0.1) is 0 Å². The Morgan fingerprint density at radius 2 is 1.88 bits per heavy atom. The van der Waals surface area contributed by atoms with Crippen LogP contribution in [0.4, 0.5) is 5.69 Å². The topological polar surface area (TPSA) is 42.7 Å². The quantitative estimate of drug-likeness (QED) is 0.942. The summed E-state index contributed by atoms with van der Waals surface area (Å²) in [6.07, 6.45) is 1.81. The van der Waals surface area contributed by atoms with Crippen LogP contribution in [0.15, 0.2) is 18.3 Å². The van der Waals surface area contributed by atoms with Crippen molar-refractivity contribution in [1.82, 2.24) is 15.0 Å². The zero-order valence-corrected chi connectivity index (χ0v) is 11.2. The highest BCUT2D eigenvalue weighted by Crippen LogP contribution is 2.33. The summed E-state index contributed by atoms with van der Waals surface area (Å²) < 4.78 is 1.63. The molecule has 0 spiro atoms. The maximum Gasteiger partial charge on any atom is 0.102 e. The van der Waals surface area contributed by atoms with Crippen molar-refractivity contribution in [3.63, 3.8) is 0 Å². The van der Waals surface area contributed by atoms with Gasteiger partial charge in [0.15, 0.2) is 0 Å². The smallest absolute Gasteiger partial charge is 0.102 e. The van der Waals surface area contributed by atoms with Crippen LogP contribution in [-0.4, -0.2) is 15.0 Å². The minimum Gasteiger partial charge on any atom is -0.377 e. The second-order valence-corrected chi connectivity index (χ2v) is 4.73. The van der Waals surface area contributed by atoms with Crippen LogP contribution >= 0.6 is 34.8 Å². The summed E-state index contributed by atoms with van der Waals surface area (Å²) in [7, 11) is 1.80. The Labute approximate surface area is 113 Å². The van der Waals surface area contributed by atoms with E-state index in [1.54, 1.807) is 23.9 Å². The fraction of sp³-hybridized carbons (Fsp3) is 0.200. The van der Waals surface area contributed by atoms with Gasteiger partial charge in [-0.1, -0.05) is 40.0 Å². The molecule has 1 aromatic carbocycles. The number of anilines is 1. The second-order valence-electron chi connectivity index (χ2n) is 3.48. The molecule has 4 nitrogen and oxygen atoms in total. The third-order valence-corrected chi connectivity index (χ3v) is 2.92. The van der Waals surface area contributed by atoms with Crippen LogP contribution in [0.1, 0.15) is 5.69 Å². The maximum atomic E-state index is 6.03. The molecule has 2 rings (SSSR count). The minimum absolute atomic E-state index is 0.478. The fourth-order valence-electron chi connectivity index (χ4n) is 1.37. The molecule has 1 N–H and O–H groups in total. The lowest BCUT2D eigenvalue weighted by Crippen LogP contribution is -2.01. The summed E-state index contributed by atoms with van der Waals surface area (Å²) in [4.78, 5) is 0. The summed E-state index contributed by atoms with van der Waals surface area (Å²) in [6, 6.07) is 3.27. The van der Waals surface area contributed by atoms with Gasteiger partial charge in [0.1, 0.15) is 5.69 Å². The van der Waals surface area contributed by atoms with Gasteiger partial charge in [-0.05, 0) is 12.1 Å². The fourth-order valence-corrected chi connectivity index (χ4v) is 2.32. The highest BCUT2D eigenvalue weighted by atomic mass is 35.5. The second kappa shape index (κ2) is 5.12. The first kappa shape index (κ1) is 12.5. The molecule has 0 radical (unpaired) electrons. The number of hydrogen-bond donors (Lipinski definition) is 1. The minimum atomic E-state index is 0.478. The van der Waals surface area contributed by atoms with Crippen LogP contribution in [0.25, 0.3) is 0 Å². The van der Waals surface area contributed by atoms with Crippen LogP contribution in [0.2, 0.25) is 15.1 Å². The Hall–Kier alpha value is -0.970. The first-order valence-corrected chi connectivity index (χ1v) is 5.93. The molecule has 17 heavy (non-hydrogen) atoms. The molecule has 0 unspecified atom stereocenters. The summed E-state index contributed by atoms with van der Waals surface area (Å²) in [5.41, 5.74) is 1.44. The van der Waals surface area contributed by atoms with Crippen LogP contribution < -0.4 is 5.32 Å². The van der Waals surface area contributed by atoms with E-state index in [0.717, 1.165) is 5.69 Å². The van der Waals surface area contributed by atoms with Gasteiger partial charge in [0, 0.05) is 18.3 Å². The van der Waals surface area contributed by atoms with Crippen molar-refractivity contribution in [1.29, 1.82) is 0 Å². The van der Waals surface area contributed by atoms with Crippen LogP contribution in [-0.2, 0) is 13.6 Å². The Kier molecular flexibility index (Phi) is 3.76. The SMILES string of the molecule is Cn1cc(CNc2c(Cl)cc(Cl)cc2Cl)nn1. The molecule has 0 atom stereocenters. The van der Waals surface area contributed by atoms with Crippen molar-refractivity contribution in [2.24, 2.45) is 7.05 Å². The molecule has 1 heterocycles. The number of aromatic nitrogens is 3. The first-order chi connectivity index (χ1) is 8.06. The molecule has 0 amide bonds. The first-order valence-electron chi connectivity index (χ1n) is 4.80. The monoisotopic (exact) mass is 290 g/mol. The van der Waals surface area contributed by atoms with Gasteiger partial charge in [-0.25, -0.2) is 0 Å². The van der Waals surface area contributed by atoms with E-state index in [1.807, 2.05) is 6.20 Å². The molecule has 0 saturated heterocycles. The van der Waals surface area contributed by atoms with E-state index < -0.39 is 0 Å². The summed E-state index contributed by atoms with van der Waals surface area (Å²) in [5.74, 6) is 0. The number of aryl methyl sites for hydroxylation is 1. The normalized spacial score (nSPS) is 10.6. The van der Waals surface area contributed by atoms with Gasteiger partial charge < -0.3 is 5.32 Å². The molecule has 0 aliphatic rings. The van der Waals surface area contributed by atoms with E-state index >= 15 is 0 Å². The number of rotatable bonds is 3. The molecule has 0 saturated carbocycles. The van der Waals surface area contributed by atoms with Crippen LogP contribution in [0.5, 0.6) is 0 Å². The van der Waals surface area contributed by atoms with Gasteiger partial charge in [0.05, 0.1) is 22.3 Å². The predicted molar refractivity (Wildman–Crippen MR) is 69.8 cm³/mol. The van der Waals surface area contributed by atoms with E-state index in [9.17, 15) is 0 Å². The summed E-state index contributed by atoms with van der Waals surface area (Å²) >= 11 is 17.9. The lowest BCUT2D eigenvalue weighted by atomic mass is 10.3. The molecule has 0 aliphatic heterocycles. The third kappa shape index (κ3) is 3.03. The van der Waals surface area contributed by atoms with Crippen molar-refractivity contribution in [2.45, 2.75) is 6.54 Å². The van der Waals surface area contributed by atoms with Crippen molar-refractivity contribution >= 4 is 40.5 Å². The molecule has 2 aromatic rings. The van der Waals surface area contributed by atoms with Crippen molar-refractivity contribution < 1.29 is 0 Å². The van der Waals surface area contributed by atoms with Crippen molar-refractivity contribution in [2.75, 3.05) is 5.32 Å². The van der Waals surface area contributed by atoms with Gasteiger partial charge >= 0.3 is 0 Å². The highest BCUT2D eigenvalue weighted by molar-refractivity contribution is 6.41. The molecule has 0 fully saturated rings. The van der Waals surface area contributed by atoms with E-state index in [-0.39, 0.29) is 0 Å². The zero-order valence-electron chi connectivity index (χ0n) is 8.91. The average Bonchev–Trinajstić information content (AvgIpc) is 2.62. The van der Waals surface area contributed by atoms with Gasteiger partial charge in [-0.2, -0.15) is 0 Å². The molecular weight excluding hydrogens is 282 g/mol. The molecule has 7 heteroatoms. The number of nitrogens with zero attached hydrogens (tertiary/aromatic N) is 3. The molecule has 0 aliphatic carbocycles. The van der Waals surface area contributed by atoms with E-state index in [0.29, 0.717) is 27.3 Å². The van der Waals surface area contributed by atoms with Crippen molar-refractivity contribution in [3.05, 3.63) is 39.1 Å². The largest absolute Gasteiger partial charge is 0.377 e. The lowest BCUT2D eigenvalue weighted by molar-refractivity contribution is 0.713. The molecular formula is C10H9Cl3N4. The van der Waals surface area contributed by atoms with Crippen molar-refractivity contribution in [3.8, 4) is 0 Å². The highest BCUT2D eigenvalue weighted by Gasteiger charge is 2.08. The van der Waals surface area contributed by atoms with E-state index in [2.05, 4.69) is 15.6 Å². The molecule has 1 aromatic heterocycles. The number of hydrogen-bond acceptors (Lipinski definition) is 3. The third-order valence-electron chi connectivity index (χ3n) is 2.10. The standard InChI is InChI=1S/C10H9Cl3N4/c1-17-5-7(15-16-17)4-14-10-8(12)2-6(11)3-9(10)13/h2-3,5,14H,4H2,1H3. The summed E-state index contributed by atoms with van der Waals surface area (Å²) in [5, 5.41) is 12.3. The van der Waals surface area contributed by atoms with Gasteiger partial charge in [0.25, 0.3) is 0 Å². The number of nitrogens with one attached hydrogen (secondary N) is 1. The Balaban J connectivity index is 2.14. The summed E-state index contributed by atoms with van der Waals surface area (Å²) in [6.45, 7) is 0.495. The van der Waals surface area contributed by atoms with Gasteiger partial charge in [0.2, 0.25) is 0 Å². The maximum absolute atomic E-state index is 6.03. The van der Waals surface area contributed by atoms with E-state index in [1.165, 1.54) is 0 Å². The number of halogens is 3. The number of benzene rings is 1. The predicted octanol–water partition coefficient (Wildman–Crippen LogP) is 3.39. The van der Waals surface area contributed by atoms with E-state index in [4.69, 9.17) is 34.8 Å². The lowest BCUT2D eigenvalue weighted by Gasteiger charge is -2.09. The zero-order chi connectivity index (χ0) is 12.4. The Morgan fingerprint density at radius 3 is 2.41 bits per heavy atom. The van der Waals surface area contributed by atoms with Crippen LogP contribution in [0.3, 0.4) is 0 Å².